The predicted octanol–water partition coefficient (Wildman–Crippen LogP) is 5.37. The summed E-state index contributed by atoms with van der Waals surface area (Å²) in [7, 11) is 1.53. The second-order valence-electron chi connectivity index (χ2n) is 4.58. The molecule has 0 aliphatic rings. The van der Waals surface area contributed by atoms with Crippen LogP contribution >= 0.6 is 46.4 Å². The summed E-state index contributed by atoms with van der Waals surface area (Å²) in [5.41, 5.74) is 1.52. The molecule has 0 saturated heterocycles. The third-order valence-corrected chi connectivity index (χ3v) is 4.65. The van der Waals surface area contributed by atoms with E-state index in [1.807, 2.05) is 19.1 Å². The molecule has 0 atom stereocenters. The summed E-state index contributed by atoms with van der Waals surface area (Å²) in [6, 6.07) is 5.53. The number of benzene rings is 1. The standard InChI is InChI=1S/C15H11Cl4NO3/c1-7-3-4-9(22-2)8(5-7)6-23-15(21)13-11(17)10(16)12(18)14(19)20-13/h3-5H,6H2,1-2H3. The molecule has 0 radical (unpaired) electrons. The Kier molecular flexibility index (Phi) is 5.98. The second kappa shape index (κ2) is 7.58. The van der Waals surface area contributed by atoms with Crippen LogP contribution in [0.4, 0.5) is 0 Å². The first kappa shape index (κ1) is 18.1. The van der Waals surface area contributed by atoms with Gasteiger partial charge in [-0.2, -0.15) is 0 Å². The van der Waals surface area contributed by atoms with Crippen molar-refractivity contribution in [3.05, 3.63) is 55.2 Å². The van der Waals surface area contributed by atoms with Crippen LogP contribution in [0.25, 0.3) is 0 Å². The van der Waals surface area contributed by atoms with Crippen molar-refractivity contribution in [3.8, 4) is 5.75 Å². The van der Waals surface area contributed by atoms with Gasteiger partial charge in [0.2, 0.25) is 0 Å². The van der Waals surface area contributed by atoms with Crippen LogP contribution < -0.4 is 4.74 Å². The van der Waals surface area contributed by atoms with Gasteiger partial charge in [0.15, 0.2) is 5.69 Å². The van der Waals surface area contributed by atoms with Gasteiger partial charge in [-0.3, -0.25) is 0 Å². The van der Waals surface area contributed by atoms with Gasteiger partial charge < -0.3 is 9.47 Å². The molecule has 1 heterocycles. The summed E-state index contributed by atoms with van der Waals surface area (Å²) in [6.45, 7) is 1.90. The number of nitrogens with zero attached hydrogens (tertiary/aromatic N) is 1. The van der Waals surface area contributed by atoms with Crippen LogP contribution in [0.5, 0.6) is 5.75 Å². The topological polar surface area (TPSA) is 48.4 Å². The van der Waals surface area contributed by atoms with E-state index in [0.29, 0.717) is 11.3 Å². The molecule has 2 aromatic rings. The molecule has 0 saturated carbocycles. The van der Waals surface area contributed by atoms with Gasteiger partial charge in [0, 0.05) is 5.56 Å². The molecule has 8 heteroatoms. The fourth-order valence-electron chi connectivity index (χ4n) is 1.85. The lowest BCUT2D eigenvalue weighted by molar-refractivity contribution is 0.0463. The number of hydrogen-bond acceptors (Lipinski definition) is 4. The predicted molar refractivity (Wildman–Crippen MR) is 91.1 cm³/mol. The fourth-order valence-corrected chi connectivity index (χ4v) is 2.66. The van der Waals surface area contributed by atoms with Crippen LogP contribution in [0.2, 0.25) is 20.2 Å². The minimum Gasteiger partial charge on any atom is -0.496 e. The van der Waals surface area contributed by atoms with Crippen molar-refractivity contribution in [1.82, 2.24) is 4.98 Å². The first-order chi connectivity index (χ1) is 10.8. The first-order valence-electron chi connectivity index (χ1n) is 6.35. The average Bonchev–Trinajstić information content (AvgIpc) is 2.54. The summed E-state index contributed by atoms with van der Waals surface area (Å²) in [5, 5.41) is -0.299. The van der Waals surface area contributed by atoms with E-state index in [1.165, 1.54) is 7.11 Å². The second-order valence-corrected chi connectivity index (χ2v) is 6.08. The molecule has 23 heavy (non-hydrogen) atoms. The zero-order valence-electron chi connectivity index (χ0n) is 12.1. The van der Waals surface area contributed by atoms with Crippen LogP contribution in [-0.2, 0) is 11.3 Å². The number of halogens is 4. The smallest absolute Gasteiger partial charge is 0.358 e. The third kappa shape index (κ3) is 4.01. The summed E-state index contributed by atoms with van der Waals surface area (Å²) in [6.07, 6.45) is 0. The van der Waals surface area contributed by atoms with Crippen molar-refractivity contribution in [2.75, 3.05) is 7.11 Å². The molecule has 1 aromatic carbocycles. The van der Waals surface area contributed by atoms with Gasteiger partial charge >= 0.3 is 5.97 Å². The maximum Gasteiger partial charge on any atom is 0.358 e. The molecule has 0 N–H and O–H groups in total. The van der Waals surface area contributed by atoms with Crippen molar-refractivity contribution in [3.63, 3.8) is 0 Å². The van der Waals surface area contributed by atoms with E-state index in [-0.39, 0.29) is 32.5 Å². The molecule has 0 fully saturated rings. The molecule has 4 nitrogen and oxygen atoms in total. The number of ether oxygens (including phenoxy) is 2. The number of carbonyl (C=O) groups excluding carboxylic acids is 1. The lowest BCUT2D eigenvalue weighted by atomic mass is 10.1. The Labute approximate surface area is 153 Å². The highest BCUT2D eigenvalue weighted by Crippen LogP contribution is 2.36. The molecule has 0 aliphatic heterocycles. The number of rotatable bonds is 4. The Morgan fingerprint density at radius 2 is 1.83 bits per heavy atom. The molecule has 122 valence electrons. The van der Waals surface area contributed by atoms with Gasteiger partial charge in [0.1, 0.15) is 17.5 Å². The zero-order chi connectivity index (χ0) is 17.1. The maximum absolute atomic E-state index is 12.2. The summed E-state index contributed by atoms with van der Waals surface area (Å²) in [4.78, 5) is 16.0. The van der Waals surface area contributed by atoms with E-state index in [9.17, 15) is 4.79 Å². The van der Waals surface area contributed by atoms with Gasteiger partial charge in [-0.1, -0.05) is 58.0 Å². The molecular formula is C15H11Cl4NO3. The van der Waals surface area contributed by atoms with Crippen LogP contribution in [0.3, 0.4) is 0 Å². The quantitative estimate of drug-likeness (QED) is 0.516. The molecule has 2 rings (SSSR count). The number of aryl methyl sites for hydroxylation is 1. The van der Waals surface area contributed by atoms with E-state index < -0.39 is 5.97 Å². The number of carbonyl (C=O) groups is 1. The number of methoxy groups -OCH3 is 1. The number of aromatic nitrogens is 1. The SMILES string of the molecule is COc1ccc(C)cc1COC(=O)c1nc(Cl)c(Cl)c(Cl)c1Cl. The average molecular weight is 395 g/mol. The van der Waals surface area contributed by atoms with E-state index in [0.717, 1.165) is 5.56 Å². The van der Waals surface area contributed by atoms with Crippen molar-refractivity contribution >= 4 is 52.4 Å². The number of esters is 1. The largest absolute Gasteiger partial charge is 0.496 e. The van der Waals surface area contributed by atoms with Crippen molar-refractivity contribution < 1.29 is 14.3 Å². The van der Waals surface area contributed by atoms with Crippen molar-refractivity contribution in [2.24, 2.45) is 0 Å². The van der Waals surface area contributed by atoms with E-state index in [4.69, 9.17) is 55.9 Å². The fraction of sp³-hybridized carbons (Fsp3) is 0.200. The number of pyridine rings is 1. The monoisotopic (exact) mass is 393 g/mol. The lowest BCUT2D eigenvalue weighted by Crippen LogP contribution is -2.09. The normalized spacial score (nSPS) is 10.5. The molecule has 1 aromatic heterocycles. The lowest BCUT2D eigenvalue weighted by Gasteiger charge is -2.11. The van der Waals surface area contributed by atoms with Crippen LogP contribution in [0.15, 0.2) is 18.2 Å². The Hall–Kier alpha value is -1.20. The molecular weight excluding hydrogens is 384 g/mol. The summed E-state index contributed by atoms with van der Waals surface area (Å²) >= 11 is 23.5. The van der Waals surface area contributed by atoms with Crippen LogP contribution in [0.1, 0.15) is 21.6 Å². The summed E-state index contributed by atoms with van der Waals surface area (Å²) in [5.74, 6) is -0.159. The van der Waals surface area contributed by atoms with Gasteiger partial charge in [-0.15, -0.1) is 0 Å². The molecule has 0 spiro atoms. The van der Waals surface area contributed by atoms with Gasteiger partial charge in [0.05, 0.1) is 22.2 Å². The maximum atomic E-state index is 12.2. The van der Waals surface area contributed by atoms with Gasteiger partial charge in [-0.25, -0.2) is 9.78 Å². The van der Waals surface area contributed by atoms with Gasteiger partial charge in [-0.05, 0) is 19.1 Å². The minimum absolute atomic E-state index is 0.0143. The third-order valence-electron chi connectivity index (χ3n) is 2.97. The molecule has 0 aliphatic carbocycles. The number of hydrogen-bond donors (Lipinski definition) is 0. The van der Waals surface area contributed by atoms with Crippen molar-refractivity contribution in [1.29, 1.82) is 0 Å². The highest BCUT2D eigenvalue weighted by molar-refractivity contribution is 6.52. The Morgan fingerprint density at radius 3 is 2.48 bits per heavy atom. The Balaban J connectivity index is 2.23. The van der Waals surface area contributed by atoms with Gasteiger partial charge in [0.25, 0.3) is 0 Å². The molecule has 0 amide bonds. The zero-order valence-corrected chi connectivity index (χ0v) is 15.1. The highest BCUT2D eigenvalue weighted by atomic mass is 35.5. The Bertz CT molecular complexity index is 765. The van der Waals surface area contributed by atoms with E-state index in [2.05, 4.69) is 4.98 Å². The van der Waals surface area contributed by atoms with E-state index in [1.54, 1.807) is 6.07 Å². The van der Waals surface area contributed by atoms with E-state index >= 15 is 0 Å². The van der Waals surface area contributed by atoms with Crippen LogP contribution in [-0.4, -0.2) is 18.1 Å². The molecule has 0 bridgehead atoms. The minimum atomic E-state index is -0.765. The highest BCUT2D eigenvalue weighted by Gasteiger charge is 2.21. The van der Waals surface area contributed by atoms with Crippen molar-refractivity contribution in [2.45, 2.75) is 13.5 Å². The molecule has 0 unspecified atom stereocenters. The van der Waals surface area contributed by atoms with Crippen LogP contribution in [0, 0.1) is 6.92 Å². The summed E-state index contributed by atoms with van der Waals surface area (Å²) < 4.78 is 10.4. The Morgan fingerprint density at radius 1 is 1.13 bits per heavy atom. The first-order valence-corrected chi connectivity index (χ1v) is 7.87.